The van der Waals surface area contributed by atoms with Crippen LogP contribution >= 0.6 is 0 Å². The second kappa shape index (κ2) is 22.6. The molecule has 0 aromatic heterocycles. The largest absolute Gasteiger partial charge is 0.394 e. The van der Waals surface area contributed by atoms with Crippen molar-refractivity contribution in [3.05, 3.63) is 0 Å². The van der Waals surface area contributed by atoms with Crippen molar-refractivity contribution < 1.29 is 124 Å². The second-order valence-electron chi connectivity index (χ2n) is 14.8. The highest BCUT2D eigenvalue weighted by atomic mass is 16.8. The Morgan fingerprint density at radius 3 is 1.80 bits per heavy atom. The first-order chi connectivity index (χ1) is 28.3. The Bertz CT molecular complexity index is 1340. The predicted molar refractivity (Wildman–Crippen MR) is 186 cm³/mol. The summed E-state index contributed by atoms with van der Waals surface area (Å²) in [6.07, 6.45) is -39.0. The Labute approximate surface area is 341 Å². The van der Waals surface area contributed by atoms with E-state index in [-0.39, 0.29) is 0 Å². The van der Waals surface area contributed by atoms with E-state index in [0.717, 1.165) is 13.8 Å². The molecule has 17 N–H and O–H groups in total. The summed E-state index contributed by atoms with van der Waals surface area (Å²) in [6.45, 7) is -3.10. The minimum Gasteiger partial charge on any atom is -0.394 e. The predicted octanol–water partition coefficient (Wildman–Crippen LogP) is -11.4. The van der Waals surface area contributed by atoms with Crippen molar-refractivity contribution in [3.63, 3.8) is 0 Å². The highest BCUT2D eigenvalue weighted by Gasteiger charge is 2.55. The number of aliphatic hydroxyl groups is 15. The Morgan fingerprint density at radius 2 is 1.22 bits per heavy atom. The van der Waals surface area contributed by atoms with Gasteiger partial charge in [0, 0.05) is 13.8 Å². The molecule has 27 heteroatoms. The maximum atomic E-state index is 12.4. The zero-order valence-corrected chi connectivity index (χ0v) is 32.3. The van der Waals surface area contributed by atoms with Gasteiger partial charge in [0.05, 0.1) is 45.7 Å². The Morgan fingerprint density at radius 1 is 0.633 bits per heavy atom. The highest BCUT2D eigenvalue weighted by Crippen LogP contribution is 2.34. The van der Waals surface area contributed by atoms with E-state index >= 15 is 0 Å². The van der Waals surface area contributed by atoms with Crippen LogP contribution in [0.15, 0.2) is 0 Å². The molecular weight excluding hydrogens is 824 g/mol. The third kappa shape index (κ3) is 11.8. The average Bonchev–Trinajstić information content (AvgIpc) is 3.21. The molecule has 0 bridgehead atoms. The molecule has 2 amide bonds. The minimum atomic E-state index is -2.10. The van der Waals surface area contributed by atoms with Crippen LogP contribution in [0.1, 0.15) is 13.8 Å². The lowest BCUT2D eigenvalue weighted by Crippen LogP contribution is -2.69. The van der Waals surface area contributed by atoms with Gasteiger partial charge in [-0.15, -0.1) is 0 Å². The molecule has 0 radical (unpaired) electrons. The maximum absolute atomic E-state index is 12.4. The van der Waals surface area contributed by atoms with Crippen molar-refractivity contribution in [1.82, 2.24) is 10.6 Å². The number of amides is 2. The number of ether oxygens (including phenoxy) is 8. The molecule has 4 rings (SSSR count). The van der Waals surface area contributed by atoms with Crippen LogP contribution in [0.4, 0.5) is 0 Å². The number of carbonyl (C=O) groups excluding carboxylic acids is 2. The van der Waals surface area contributed by atoms with E-state index < -0.39 is 192 Å². The molecule has 350 valence electrons. The summed E-state index contributed by atoms with van der Waals surface area (Å²) in [5.74, 6) is -1.54. The lowest BCUT2D eigenvalue weighted by Gasteiger charge is -2.49. The standard InChI is InChI=1S/C33H58N2O25/c1-9(40)34-11(3-36)18(44)27(12(42)4-37)58-30-17(35-10(2)41)22(48)28(15(6-39)56-30)59-33-29(60-32-25(51)19(45)13(43)7-53-32)24(50)21(47)16(57-33)8-54-31-26(52)23(49)20(46)14(5-38)55-31/h11-33,36-39,42-52H,3-8H2,1-2H3,(H,34,40)(H,35,41)/t11-,12+,13+,14+,15+,16+,17+,18+,19-,20+,21+,22+,23-,24-,25+,26-,27+,28+,29-,30-,31-,32-,33-/m0/s1. The molecule has 0 aromatic rings. The van der Waals surface area contributed by atoms with Gasteiger partial charge in [0.25, 0.3) is 0 Å². The molecule has 0 saturated carbocycles. The molecule has 23 atom stereocenters. The van der Waals surface area contributed by atoms with Crippen LogP contribution in [0, 0.1) is 0 Å². The van der Waals surface area contributed by atoms with Gasteiger partial charge in [0.15, 0.2) is 25.2 Å². The van der Waals surface area contributed by atoms with E-state index in [1.165, 1.54) is 0 Å². The van der Waals surface area contributed by atoms with E-state index in [2.05, 4.69) is 10.6 Å². The maximum Gasteiger partial charge on any atom is 0.217 e. The molecule has 0 aliphatic carbocycles. The van der Waals surface area contributed by atoms with Gasteiger partial charge in [-0.2, -0.15) is 0 Å². The smallest absolute Gasteiger partial charge is 0.217 e. The number of aliphatic hydroxyl groups excluding tert-OH is 15. The van der Waals surface area contributed by atoms with Crippen LogP contribution in [0.3, 0.4) is 0 Å². The fraction of sp³-hybridized carbons (Fsp3) is 0.939. The summed E-state index contributed by atoms with van der Waals surface area (Å²) >= 11 is 0. The first kappa shape index (κ1) is 50.7. The third-order valence-corrected chi connectivity index (χ3v) is 10.4. The summed E-state index contributed by atoms with van der Waals surface area (Å²) in [7, 11) is 0. The molecule has 60 heavy (non-hydrogen) atoms. The lowest BCUT2D eigenvalue weighted by atomic mass is 9.94. The van der Waals surface area contributed by atoms with E-state index in [1.807, 2.05) is 0 Å². The van der Waals surface area contributed by atoms with Gasteiger partial charge >= 0.3 is 0 Å². The van der Waals surface area contributed by atoms with E-state index in [9.17, 15) is 86.2 Å². The summed E-state index contributed by atoms with van der Waals surface area (Å²) in [4.78, 5) is 24.1. The van der Waals surface area contributed by atoms with Gasteiger partial charge < -0.3 is 125 Å². The zero-order valence-electron chi connectivity index (χ0n) is 32.3. The van der Waals surface area contributed by atoms with Crippen molar-refractivity contribution in [3.8, 4) is 0 Å². The molecule has 0 spiro atoms. The molecule has 4 aliphatic rings. The van der Waals surface area contributed by atoms with Gasteiger partial charge in [-0.3, -0.25) is 9.59 Å². The van der Waals surface area contributed by atoms with Crippen molar-refractivity contribution >= 4 is 11.8 Å². The fourth-order valence-electron chi connectivity index (χ4n) is 7.03. The molecule has 4 fully saturated rings. The molecule has 27 nitrogen and oxygen atoms in total. The molecule has 0 unspecified atom stereocenters. The number of hydrogen-bond acceptors (Lipinski definition) is 25. The van der Waals surface area contributed by atoms with Crippen LogP contribution < -0.4 is 10.6 Å². The van der Waals surface area contributed by atoms with Crippen LogP contribution in [-0.2, 0) is 47.5 Å². The zero-order chi connectivity index (χ0) is 44.7. The third-order valence-electron chi connectivity index (χ3n) is 10.4. The van der Waals surface area contributed by atoms with Gasteiger partial charge in [-0.1, -0.05) is 0 Å². The number of nitrogens with one attached hydrogen (secondary N) is 2. The van der Waals surface area contributed by atoms with Gasteiger partial charge in [0.2, 0.25) is 11.8 Å². The van der Waals surface area contributed by atoms with Crippen LogP contribution in [0.25, 0.3) is 0 Å². The van der Waals surface area contributed by atoms with Crippen molar-refractivity contribution in [2.24, 2.45) is 0 Å². The SMILES string of the molecule is CC(=O)N[C@H]1[C@H](O[C@@H]([C@H](O)[C@H](CO)NC(C)=O)[C@H](O)CO)O[C@H](CO)[C@@H](O[C@@H]2O[C@H](CO[C@H]3O[C@H](CO)[C@@H](O)[C@H](O)[C@@H]3O)[C@@H](O)[C@H](O)[C@@H]2O[C@@H]2OC[C@@H](O)[C@H](O)[C@H]2O)[C@@H]1O. The average molecular weight is 883 g/mol. The van der Waals surface area contributed by atoms with Crippen molar-refractivity contribution in [2.45, 2.75) is 155 Å². The highest BCUT2D eigenvalue weighted by molar-refractivity contribution is 5.73. The second-order valence-corrected chi connectivity index (χ2v) is 14.8. The summed E-state index contributed by atoms with van der Waals surface area (Å²) in [5.41, 5.74) is 0. The van der Waals surface area contributed by atoms with Gasteiger partial charge in [-0.25, -0.2) is 0 Å². The molecule has 4 heterocycles. The first-order valence-corrected chi connectivity index (χ1v) is 18.9. The molecule has 4 aliphatic heterocycles. The molecule has 4 saturated heterocycles. The van der Waals surface area contributed by atoms with Crippen LogP contribution in [0.5, 0.6) is 0 Å². The normalized spacial score (nSPS) is 43.4. The number of hydrogen-bond donors (Lipinski definition) is 17. The van der Waals surface area contributed by atoms with E-state index in [1.54, 1.807) is 0 Å². The van der Waals surface area contributed by atoms with Crippen molar-refractivity contribution in [2.75, 3.05) is 39.6 Å². The fourth-order valence-corrected chi connectivity index (χ4v) is 7.03. The van der Waals surface area contributed by atoms with E-state index in [4.69, 9.17) is 37.9 Å². The Balaban J connectivity index is 1.64. The summed E-state index contributed by atoms with van der Waals surface area (Å²) in [5, 5.41) is 161. The van der Waals surface area contributed by atoms with Crippen LogP contribution in [0.2, 0.25) is 0 Å². The van der Waals surface area contributed by atoms with Gasteiger partial charge in [-0.05, 0) is 0 Å². The Kier molecular flexibility index (Phi) is 19.1. The summed E-state index contributed by atoms with van der Waals surface area (Å²) < 4.78 is 45.3. The topological polar surface area (TPSA) is 435 Å². The van der Waals surface area contributed by atoms with Crippen molar-refractivity contribution in [1.29, 1.82) is 0 Å². The van der Waals surface area contributed by atoms with Gasteiger partial charge in [0.1, 0.15) is 110 Å². The van der Waals surface area contributed by atoms with Crippen LogP contribution in [-0.4, -0.2) is 269 Å². The number of rotatable bonds is 18. The monoisotopic (exact) mass is 882 g/mol. The minimum absolute atomic E-state index is 0.581. The molecule has 0 aromatic carbocycles. The summed E-state index contributed by atoms with van der Waals surface area (Å²) in [6, 6.07) is -3.23. The lowest BCUT2D eigenvalue weighted by molar-refractivity contribution is -0.384. The first-order valence-electron chi connectivity index (χ1n) is 18.9. The number of carbonyl (C=O) groups is 2. The Hall–Kier alpha value is -1.98. The quantitative estimate of drug-likeness (QED) is 0.0608. The van der Waals surface area contributed by atoms with E-state index in [0.29, 0.717) is 0 Å². The molecular formula is C33H58N2O25.